The minimum atomic E-state index is -0.471. The smallest absolute Gasteiger partial charge is 0.161 e. The van der Waals surface area contributed by atoms with Crippen molar-refractivity contribution < 1.29 is 9.84 Å². The van der Waals surface area contributed by atoms with Crippen LogP contribution >= 0.6 is 23.4 Å². The van der Waals surface area contributed by atoms with Crippen LogP contribution in [0.3, 0.4) is 0 Å². The number of hydrogen-bond donors (Lipinski definition) is 1. The Bertz CT molecular complexity index is 330. The molecule has 17 heavy (non-hydrogen) atoms. The van der Waals surface area contributed by atoms with Crippen LogP contribution in [0.2, 0.25) is 0 Å². The molecule has 0 radical (unpaired) electrons. The Labute approximate surface area is 111 Å². The number of alkyl halides is 1. The summed E-state index contributed by atoms with van der Waals surface area (Å²) >= 11 is 7.83. The molecule has 2 aliphatic rings. The highest BCUT2D eigenvalue weighted by Crippen LogP contribution is 2.40. The average Bonchev–Trinajstić information content (AvgIpc) is 2.60. The van der Waals surface area contributed by atoms with Gasteiger partial charge >= 0.3 is 0 Å². The van der Waals surface area contributed by atoms with Crippen molar-refractivity contribution in [2.75, 3.05) is 14.1 Å². The molecule has 6 heteroatoms. The molecule has 0 amide bonds. The van der Waals surface area contributed by atoms with E-state index < -0.39 is 11.0 Å². The molecule has 0 aromatic rings. The molecule has 0 aromatic heterocycles. The zero-order chi connectivity index (χ0) is 12.8. The van der Waals surface area contributed by atoms with Crippen LogP contribution in [-0.4, -0.2) is 57.8 Å². The molecule has 2 rings (SSSR count). The van der Waals surface area contributed by atoms with Crippen molar-refractivity contribution in [3.8, 4) is 0 Å². The van der Waals surface area contributed by atoms with Crippen molar-refractivity contribution in [2.45, 2.75) is 48.8 Å². The zero-order valence-electron chi connectivity index (χ0n) is 10.6. The van der Waals surface area contributed by atoms with Crippen molar-refractivity contribution in [2.24, 2.45) is 4.99 Å². The molecule has 0 saturated carbocycles. The van der Waals surface area contributed by atoms with Gasteiger partial charge in [0, 0.05) is 20.5 Å². The topological polar surface area (TPSA) is 45.1 Å². The van der Waals surface area contributed by atoms with Crippen LogP contribution < -0.4 is 0 Å². The summed E-state index contributed by atoms with van der Waals surface area (Å²) in [5.41, 5.74) is -0.112. The lowest BCUT2D eigenvalue weighted by molar-refractivity contribution is -0.0815. The molecule has 1 fully saturated rings. The van der Waals surface area contributed by atoms with Crippen molar-refractivity contribution in [1.82, 2.24) is 4.90 Å². The lowest BCUT2D eigenvalue weighted by atomic mass is 9.94. The van der Waals surface area contributed by atoms with Crippen LogP contribution in [0, 0.1) is 0 Å². The molecule has 2 aliphatic heterocycles. The molecule has 1 saturated heterocycles. The Morgan fingerprint density at radius 2 is 2.18 bits per heavy atom. The first kappa shape index (κ1) is 13.5. The van der Waals surface area contributed by atoms with E-state index in [1.165, 1.54) is 0 Å². The van der Waals surface area contributed by atoms with Crippen molar-refractivity contribution in [3.63, 3.8) is 0 Å². The van der Waals surface area contributed by atoms with Crippen LogP contribution in [0.4, 0.5) is 0 Å². The summed E-state index contributed by atoms with van der Waals surface area (Å²) in [5.74, 6) is 0. The van der Waals surface area contributed by atoms with E-state index in [9.17, 15) is 5.11 Å². The number of hydrogen-bond acceptors (Lipinski definition) is 5. The molecule has 1 N–H and O–H groups in total. The fourth-order valence-corrected chi connectivity index (χ4v) is 3.32. The second kappa shape index (κ2) is 4.61. The molecule has 4 atom stereocenters. The number of nitrogens with zero attached hydrogens (tertiary/aromatic N) is 2. The van der Waals surface area contributed by atoms with Crippen molar-refractivity contribution >= 4 is 28.5 Å². The first-order chi connectivity index (χ1) is 7.79. The third-order valence-electron chi connectivity index (χ3n) is 3.06. The van der Waals surface area contributed by atoms with E-state index in [-0.39, 0.29) is 17.6 Å². The van der Waals surface area contributed by atoms with Crippen molar-refractivity contribution in [1.29, 1.82) is 0 Å². The Kier molecular flexibility index (Phi) is 3.65. The Balaban J connectivity index is 2.10. The van der Waals surface area contributed by atoms with Gasteiger partial charge in [0.15, 0.2) is 5.17 Å². The normalized spacial score (nSPS) is 37.6. The van der Waals surface area contributed by atoms with Gasteiger partial charge in [0.25, 0.3) is 0 Å². The van der Waals surface area contributed by atoms with E-state index in [0.717, 1.165) is 5.17 Å². The van der Waals surface area contributed by atoms with Crippen LogP contribution in [0.25, 0.3) is 0 Å². The number of aliphatic imine (C=N–C) groups is 1. The average molecular weight is 279 g/mol. The molecule has 0 aliphatic carbocycles. The summed E-state index contributed by atoms with van der Waals surface area (Å²) < 4.78 is 5.96. The van der Waals surface area contributed by atoms with Gasteiger partial charge in [-0.15, -0.1) is 11.6 Å². The lowest BCUT2D eigenvalue weighted by Gasteiger charge is -2.39. The third kappa shape index (κ3) is 2.72. The lowest BCUT2D eigenvalue weighted by Crippen LogP contribution is -2.49. The van der Waals surface area contributed by atoms with Crippen LogP contribution in [0.1, 0.15) is 20.3 Å². The van der Waals surface area contributed by atoms with Gasteiger partial charge in [-0.1, -0.05) is 11.8 Å². The first-order valence-electron chi connectivity index (χ1n) is 5.73. The molecule has 0 bridgehead atoms. The van der Waals surface area contributed by atoms with Crippen LogP contribution in [0.5, 0.6) is 0 Å². The molecule has 98 valence electrons. The minimum Gasteiger partial charge on any atom is -0.391 e. The summed E-state index contributed by atoms with van der Waals surface area (Å²) in [5, 5.41) is 11.0. The number of rotatable bonds is 1. The SMILES string of the molecule is CN(C)C1=NC2C(O)CC(C(C)(C)Cl)OC2S1. The van der Waals surface area contributed by atoms with E-state index in [0.29, 0.717) is 6.42 Å². The summed E-state index contributed by atoms with van der Waals surface area (Å²) in [6.45, 7) is 3.83. The number of thioether (sulfide) groups is 1. The van der Waals surface area contributed by atoms with Crippen LogP contribution in [0.15, 0.2) is 4.99 Å². The number of aliphatic hydroxyl groups is 1. The van der Waals surface area contributed by atoms with E-state index in [2.05, 4.69) is 4.99 Å². The Morgan fingerprint density at radius 1 is 1.53 bits per heavy atom. The molecule has 4 unspecified atom stereocenters. The maximum Gasteiger partial charge on any atom is 0.161 e. The Hall–Kier alpha value is 0.0300. The van der Waals surface area contributed by atoms with Gasteiger partial charge in [0.05, 0.1) is 17.1 Å². The van der Waals surface area contributed by atoms with Gasteiger partial charge in [0.1, 0.15) is 11.5 Å². The van der Waals surface area contributed by atoms with Gasteiger partial charge in [-0.3, -0.25) is 4.99 Å². The molecule has 0 spiro atoms. The van der Waals surface area contributed by atoms with Crippen LogP contribution in [-0.2, 0) is 4.74 Å². The number of amidine groups is 1. The highest BCUT2D eigenvalue weighted by atomic mass is 35.5. The Morgan fingerprint density at radius 3 is 2.71 bits per heavy atom. The number of halogens is 1. The summed E-state index contributed by atoms with van der Waals surface area (Å²) in [6, 6.07) is -0.160. The quantitative estimate of drug-likeness (QED) is 0.739. The maximum atomic E-state index is 10.1. The maximum absolute atomic E-state index is 10.1. The summed E-state index contributed by atoms with van der Waals surface area (Å²) in [6.07, 6.45) is -0.0611. The van der Waals surface area contributed by atoms with E-state index in [4.69, 9.17) is 16.3 Å². The predicted molar refractivity (Wildman–Crippen MR) is 71.7 cm³/mol. The molecule has 4 nitrogen and oxygen atoms in total. The number of ether oxygens (including phenoxy) is 1. The summed E-state index contributed by atoms with van der Waals surface area (Å²) in [7, 11) is 3.89. The largest absolute Gasteiger partial charge is 0.391 e. The van der Waals surface area contributed by atoms with Gasteiger partial charge in [-0.05, 0) is 13.8 Å². The van der Waals surface area contributed by atoms with Gasteiger partial charge in [-0.2, -0.15) is 0 Å². The van der Waals surface area contributed by atoms with Crippen molar-refractivity contribution in [3.05, 3.63) is 0 Å². The second-order valence-electron chi connectivity index (χ2n) is 5.28. The minimum absolute atomic E-state index is 0.112. The van der Waals surface area contributed by atoms with Gasteiger partial charge < -0.3 is 14.7 Å². The fourth-order valence-electron chi connectivity index (χ4n) is 2.01. The van der Waals surface area contributed by atoms with Gasteiger partial charge in [-0.25, -0.2) is 0 Å². The molecular formula is C11H19ClN2O2S. The monoisotopic (exact) mass is 278 g/mol. The van der Waals surface area contributed by atoms with E-state index in [1.807, 2.05) is 32.8 Å². The highest BCUT2D eigenvalue weighted by Gasteiger charge is 2.46. The zero-order valence-corrected chi connectivity index (χ0v) is 12.1. The first-order valence-corrected chi connectivity index (χ1v) is 6.99. The highest BCUT2D eigenvalue weighted by molar-refractivity contribution is 8.14. The number of aliphatic hydroxyl groups excluding tert-OH is 1. The molecule has 2 heterocycles. The summed E-state index contributed by atoms with van der Waals surface area (Å²) in [4.78, 5) is 5.97. The van der Waals surface area contributed by atoms with Gasteiger partial charge in [0.2, 0.25) is 0 Å². The molecular weight excluding hydrogens is 260 g/mol. The fraction of sp³-hybridized carbons (Fsp3) is 0.909. The second-order valence-corrected chi connectivity index (χ2v) is 7.31. The predicted octanol–water partition coefficient (Wildman–Crippen LogP) is 1.51. The number of fused-ring (bicyclic) bond motifs is 1. The third-order valence-corrected chi connectivity index (χ3v) is 4.60. The van der Waals surface area contributed by atoms with E-state index in [1.54, 1.807) is 11.8 Å². The standard InChI is InChI=1S/C11H19ClN2O2S/c1-11(2,12)7-5-6(15)8-9(16-7)17-10(13-8)14(3)4/h6-9,15H,5H2,1-4H3. The van der Waals surface area contributed by atoms with E-state index >= 15 is 0 Å². The molecule has 0 aromatic carbocycles.